The Hall–Kier alpha value is -2.97. The molecule has 0 saturated carbocycles. The molecule has 1 spiro atoms. The van der Waals surface area contributed by atoms with Gasteiger partial charge in [0.2, 0.25) is 0 Å². The van der Waals surface area contributed by atoms with Crippen molar-refractivity contribution in [1.29, 1.82) is 0 Å². The van der Waals surface area contributed by atoms with Gasteiger partial charge in [-0.3, -0.25) is 9.69 Å². The van der Waals surface area contributed by atoms with Crippen LogP contribution >= 0.6 is 11.3 Å². The fraction of sp³-hybridized carbons (Fsp3) is 0.567. The molecule has 4 atom stereocenters. The summed E-state index contributed by atoms with van der Waals surface area (Å²) in [5, 5.41) is 15.9. The third-order valence-electron chi connectivity index (χ3n) is 9.09. The summed E-state index contributed by atoms with van der Waals surface area (Å²) in [6, 6.07) is 2.64. The first-order chi connectivity index (χ1) is 19.4. The Bertz CT molecular complexity index is 1320. The van der Waals surface area contributed by atoms with Gasteiger partial charge in [-0.1, -0.05) is 6.58 Å². The van der Waals surface area contributed by atoms with E-state index in [1.807, 2.05) is 16.3 Å². The van der Waals surface area contributed by atoms with Crippen molar-refractivity contribution in [3.05, 3.63) is 45.8 Å². The Morgan fingerprint density at radius 3 is 3.00 bits per heavy atom. The predicted molar refractivity (Wildman–Crippen MR) is 156 cm³/mol. The molecule has 5 heterocycles. The van der Waals surface area contributed by atoms with E-state index in [1.165, 1.54) is 6.42 Å². The molecule has 0 radical (unpaired) electrons. The molecule has 10 heteroatoms. The van der Waals surface area contributed by atoms with Gasteiger partial charge in [-0.05, 0) is 56.8 Å². The van der Waals surface area contributed by atoms with Crippen LogP contribution in [0.25, 0.3) is 0 Å². The summed E-state index contributed by atoms with van der Waals surface area (Å²) in [7, 11) is 2.14. The highest BCUT2D eigenvalue weighted by Gasteiger charge is 2.43. The van der Waals surface area contributed by atoms with E-state index < -0.39 is 6.23 Å². The Balaban J connectivity index is 1.31. The summed E-state index contributed by atoms with van der Waals surface area (Å²) in [6.07, 6.45) is 12.4. The van der Waals surface area contributed by atoms with Crippen molar-refractivity contribution < 1.29 is 14.6 Å². The summed E-state index contributed by atoms with van der Waals surface area (Å²) in [5.41, 5.74) is 2.52. The quantitative estimate of drug-likeness (QED) is 0.392. The number of hydrogen-bond acceptors (Lipinski definition) is 9. The maximum Gasteiger partial charge on any atom is 0.318 e. The number of nitrogens with zero attached hydrogens (tertiary/aromatic N) is 5. The van der Waals surface area contributed by atoms with Crippen LogP contribution in [0.4, 0.5) is 5.82 Å². The number of ether oxygens (including phenoxy) is 1. The van der Waals surface area contributed by atoms with E-state index in [0.29, 0.717) is 51.1 Å². The fourth-order valence-electron chi connectivity index (χ4n) is 6.82. The number of likely N-dealkylation sites (N-methyl/N-ethyl adjacent to an activating group) is 1. The number of carbonyl (C=O) groups excluding carboxylic acids is 1. The van der Waals surface area contributed by atoms with Gasteiger partial charge in [0.15, 0.2) is 0 Å². The van der Waals surface area contributed by atoms with Crippen LogP contribution < -0.4 is 15.0 Å². The zero-order chi connectivity index (χ0) is 27.9. The number of thiophene rings is 1. The van der Waals surface area contributed by atoms with Crippen LogP contribution in [-0.2, 0) is 19.3 Å². The number of carbonyl (C=O) groups is 1. The van der Waals surface area contributed by atoms with Gasteiger partial charge in [0.1, 0.15) is 18.7 Å². The minimum Gasteiger partial charge on any atom is -0.462 e. The average molecular weight is 563 g/mol. The highest BCUT2D eigenvalue weighted by molar-refractivity contribution is 7.10. The van der Waals surface area contributed by atoms with Crippen LogP contribution in [0, 0.1) is 12.3 Å². The standard InChI is InChI=1S/C30H38N6O3S/c1-4-7-20-18-35(13-14-36(20)26(37)5-2)27-22-9-11-30(17-25-23(10-15-40-25)28(38)33-30)16-24(22)31-29(32-27)39-19-21-8-6-12-34(21)3/h1,5,10,15,20-21,26,37H,2,6-9,11-14,16-19H2,3H3,(H,33,38). The van der Waals surface area contributed by atoms with Crippen LogP contribution in [-0.4, -0.2) is 94.5 Å². The average Bonchev–Trinajstić information content (AvgIpc) is 3.59. The topological polar surface area (TPSA) is 94.1 Å². The van der Waals surface area contributed by atoms with Gasteiger partial charge in [0, 0.05) is 61.4 Å². The molecule has 3 aliphatic heterocycles. The lowest BCUT2D eigenvalue weighted by Crippen LogP contribution is -2.57. The van der Waals surface area contributed by atoms with Gasteiger partial charge in [0.25, 0.3) is 5.91 Å². The van der Waals surface area contributed by atoms with Gasteiger partial charge in [-0.15, -0.1) is 23.7 Å². The molecule has 9 nitrogen and oxygen atoms in total. The second-order valence-corrected chi connectivity index (χ2v) is 12.6. The summed E-state index contributed by atoms with van der Waals surface area (Å²) in [5.74, 6) is 3.68. The summed E-state index contributed by atoms with van der Waals surface area (Å²) in [6.45, 7) is 7.37. The Labute approximate surface area is 240 Å². The number of likely N-dealkylation sites (tertiary alicyclic amines) is 1. The number of aliphatic hydroxyl groups is 1. The lowest BCUT2D eigenvalue weighted by atomic mass is 9.75. The molecule has 2 aromatic rings. The normalized spacial score (nSPS) is 27.5. The van der Waals surface area contributed by atoms with Crippen molar-refractivity contribution in [3.63, 3.8) is 0 Å². The van der Waals surface area contributed by atoms with Crippen molar-refractivity contribution in [2.45, 2.75) is 68.8 Å². The lowest BCUT2D eigenvalue weighted by molar-refractivity contribution is 0.00442. The van der Waals surface area contributed by atoms with E-state index >= 15 is 0 Å². The molecule has 2 N–H and O–H groups in total. The van der Waals surface area contributed by atoms with Crippen LogP contribution in [0.2, 0.25) is 0 Å². The molecule has 1 amide bonds. The first-order valence-corrected chi connectivity index (χ1v) is 15.1. The van der Waals surface area contributed by atoms with Crippen LogP contribution in [0.3, 0.4) is 0 Å². The third kappa shape index (κ3) is 5.12. The van der Waals surface area contributed by atoms with Gasteiger partial charge < -0.3 is 25.0 Å². The maximum atomic E-state index is 13.0. The fourth-order valence-corrected chi connectivity index (χ4v) is 7.83. The van der Waals surface area contributed by atoms with Crippen molar-refractivity contribution in [1.82, 2.24) is 25.1 Å². The van der Waals surface area contributed by atoms with Crippen LogP contribution in [0.5, 0.6) is 6.01 Å². The molecule has 1 aliphatic carbocycles. The Morgan fingerprint density at radius 1 is 1.35 bits per heavy atom. The minimum atomic E-state index is -0.737. The second kappa shape index (κ2) is 11.1. The van der Waals surface area contributed by atoms with E-state index in [-0.39, 0.29) is 17.5 Å². The molecule has 4 unspecified atom stereocenters. The van der Waals surface area contributed by atoms with Crippen molar-refractivity contribution in [3.8, 4) is 18.4 Å². The van der Waals surface area contributed by atoms with E-state index in [2.05, 4.69) is 34.7 Å². The van der Waals surface area contributed by atoms with Gasteiger partial charge in [-0.2, -0.15) is 9.97 Å². The van der Waals surface area contributed by atoms with Gasteiger partial charge in [-0.25, -0.2) is 0 Å². The maximum absolute atomic E-state index is 13.0. The van der Waals surface area contributed by atoms with E-state index in [9.17, 15) is 9.90 Å². The van der Waals surface area contributed by atoms with Crippen LogP contribution in [0.1, 0.15) is 52.2 Å². The number of nitrogens with one attached hydrogen (secondary N) is 1. The smallest absolute Gasteiger partial charge is 0.318 e. The molecule has 2 saturated heterocycles. The van der Waals surface area contributed by atoms with E-state index in [0.717, 1.165) is 59.7 Å². The largest absolute Gasteiger partial charge is 0.462 e. The van der Waals surface area contributed by atoms with Crippen LogP contribution in [0.15, 0.2) is 24.1 Å². The zero-order valence-electron chi connectivity index (χ0n) is 23.1. The lowest BCUT2D eigenvalue weighted by Gasteiger charge is -2.45. The first kappa shape index (κ1) is 27.2. The number of terminal acetylenes is 1. The SMILES string of the molecule is C#CCC1CN(c2nc(OCC3CCCN3C)nc3c2CCC2(C3)Cc3sccc3C(=O)N2)CCN1C(O)C=C. The molecule has 4 aliphatic rings. The zero-order valence-corrected chi connectivity index (χ0v) is 24.0. The van der Waals surface area contributed by atoms with Crippen molar-refractivity contribution in [2.24, 2.45) is 0 Å². The number of aliphatic hydroxyl groups excluding tert-OH is 1. The number of amides is 1. The van der Waals surface area contributed by atoms with Gasteiger partial charge in [0.05, 0.1) is 16.8 Å². The molecule has 0 bridgehead atoms. The Morgan fingerprint density at radius 2 is 2.23 bits per heavy atom. The number of anilines is 1. The van der Waals surface area contributed by atoms with Gasteiger partial charge >= 0.3 is 6.01 Å². The highest BCUT2D eigenvalue weighted by atomic mass is 32.1. The number of fused-ring (bicyclic) bond motifs is 2. The molecule has 212 valence electrons. The summed E-state index contributed by atoms with van der Waals surface area (Å²) in [4.78, 5) is 30.7. The van der Waals surface area contributed by atoms with Crippen molar-refractivity contribution >= 4 is 23.1 Å². The predicted octanol–water partition coefficient (Wildman–Crippen LogP) is 2.24. The molecule has 40 heavy (non-hydrogen) atoms. The third-order valence-corrected chi connectivity index (χ3v) is 10.0. The molecular weight excluding hydrogens is 524 g/mol. The number of rotatable bonds is 7. The molecule has 6 rings (SSSR count). The highest BCUT2D eigenvalue weighted by Crippen LogP contribution is 2.40. The molecule has 2 aromatic heterocycles. The monoisotopic (exact) mass is 562 g/mol. The first-order valence-electron chi connectivity index (χ1n) is 14.3. The minimum absolute atomic E-state index is 0.00926. The molecular formula is C30H38N6O3S. The van der Waals surface area contributed by atoms with E-state index in [1.54, 1.807) is 17.4 Å². The molecule has 0 aromatic carbocycles. The summed E-state index contributed by atoms with van der Waals surface area (Å²) >= 11 is 1.66. The number of hydrogen-bond donors (Lipinski definition) is 2. The molecule has 2 fully saturated rings. The van der Waals surface area contributed by atoms with Crippen molar-refractivity contribution in [2.75, 3.05) is 44.7 Å². The summed E-state index contributed by atoms with van der Waals surface area (Å²) < 4.78 is 6.28. The second-order valence-electron chi connectivity index (χ2n) is 11.6. The Kier molecular flexibility index (Phi) is 7.57. The number of aromatic nitrogens is 2. The number of piperazine rings is 1. The van der Waals surface area contributed by atoms with E-state index in [4.69, 9.17) is 21.1 Å².